The van der Waals surface area contributed by atoms with Crippen LogP contribution in [-0.2, 0) is 52.7 Å². The lowest BCUT2D eigenvalue weighted by molar-refractivity contribution is -0.146. The summed E-state index contributed by atoms with van der Waals surface area (Å²) in [6.45, 7) is -0.622. The minimum absolute atomic E-state index is 0.00646. The van der Waals surface area contributed by atoms with Crippen LogP contribution >= 0.6 is 0 Å². The van der Waals surface area contributed by atoms with Crippen molar-refractivity contribution in [3.8, 4) is 16.9 Å². The number of carbonyl (C=O) groups excluding carboxylic acids is 2. The Kier molecular flexibility index (Phi) is 11.3. The SMILES string of the molecule is O=C(O)[C@H](Cc1ccc(-c2ccccc2)cc1)NC(=O)[C@@H]1Cc2ccc(OCc3cc(C(F)(F)F)cc(C(F)(F)F)c3)cc2CN1C(=O)CC1CCCC1. The first-order valence-corrected chi connectivity index (χ1v) is 17.6. The standard InChI is InChI=1S/C41H38F6N2O5/c42-40(43,44)32-16-27(17-33(22-32)41(45,46)47)24-54-34-15-14-30-21-36(49(23-31(30)20-34)37(50)19-25-6-4-5-7-25)38(51)48-35(39(52)53)18-26-10-12-29(13-11-26)28-8-2-1-3-9-28/h1-3,8-17,20,22,25,35-36H,4-7,18-19,21,23-24H2,(H,48,51)(H,52,53)/t35-,36-/m0/s1. The van der Waals surface area contributed by atoms with E-state index in [0.29, 0.717) is 28.8 Å². The second-order valence-electron chi connectivity index (χ2n) is 13.9. The minimum Gasteiger partial charge on any atom is -0.489 e. The zero-order chi connectivity index (χ0) is 38.6. The molecule has 4 aromatic rings. The van der Waals surface area contributed by atoms with Gasteiger partial charge >= 0.3 is 18.3 Å². The van der Waals surface area contributed by atoms with Crippen LogP contribution in [0.15, 0.2) is 91.0 Å². The molecule has 2 amide bonds. The van der Waals surface area contributed by atoms with Crippen molar-refractivity contribution in [1.82, 2.24) is 10.2 Å². The predicted molar refractivity (Wildman–Crippen MR) is 187 cm³/mol. The molecule has 1 aliphatic heterocycles. The molecule has 284 valence electrons. The van der Waals surface area contributed by atoms with Gasteiger partial charge in [-0.05, 0) is 82.5 Å². The molecule has 7 nitrogen and oxygen atoms in total. The third-order valence-corrected chi connectivity index (χ3v) is 10.0. The maximum absolute atomic E-state index is 13.9. The summed E-state index contributed by atoms with van der Waals surface area (Å²) < 4.78 is 86.0. The molecule has 0 radical (unpaired) electrons. The van der Waals surface area contributed by atoms with Gasteiger partial charge in [0.1, 0.15) is 24.4 Å². The largest absolute Gasteiger partial charge is 0.489 e. The Balaban J connectivity index is 1.19. The van der Waals surface area contributed by atoms with Crippen molar-refractivity contribution in [2.45, 2.75) is 82.5 Å². The van der Waals surface area contributed by atoms with Crippen LogP contribution in [0.5, 0.6) is 5.75 Å². The summed E-state index contributed by atoms with van der Waals surface area (Å²) in [5.74, 6) is -1.84. The Morgan fingerprint density at radius 3 is 2.02 bits per heavy atom. The number of amides is 2. The Morgan fingerprint density at radius 1 is 0.778 bits per heavy atom. The molecule has 0 saturated heterocycles. The topological polar surface area (TPSA) is 95.9 Å². The number of hydrogen-bond donors (Lipinski definition) is 2. The minimum atomic E-state index is -5.00. The molecule has 1 heterocycles. The van der Waals surface area contributed by atoms with Crippen LogP contribution in [-0.4, -0.2) is 39.9 Å². The summed E-state index contributed by atoms with van der Waals surface area (Å²) in [5, 5.41) is 12.7. The fourth-order valence-electron chi connectivity index (χ4n) is 7.16. The van der Waals surface area contributed by atoms with Crippen molar-refractivity contribution in [1.29, 1.82) is 0 Å². The Morgan fingerprint density at radius 2 is 1.41 bits per heavy atom. The predicted octanol–water partition coefficient (Wildman–Crippen LogP) is 8.62. The molecule has 0 aromatic heterocycles. The number of aliphatic carboxylic acids is 1. The first kappa shape index (κ1) is 38.4. The van der Waals surface area contributed by atoms with E-state index in [4.69, 9.17) is 4.74 Å². The highest BCUT2D eigenvalue weighted by Gasteiger charge is 2.39. The van der Waals surface area contributed by atoms with Gasteiger partial charge in [0, 0.05) is 25.8 Å². The number of carboxylic acid groups (broad SMARTS) is 1. The van der Waals surface area contributed by atoms with Crippen LogP contribution in [0, 0.1) is 5.92 Å². The maximum atomic E-state index is 13.9. The van der Waals surface area contributed by atoms with E-state index in [1.165, 1.54) is 11.0 Å². The highest BCUT2D eigenvalue weighted by molar-refractivity contribution is 5.91. The number of benzene rings is 4. The van der Waals surface area contributed by atoms with E-state index in [0.717, 1.165) is 36.8 Å². The maximum Gasteiger partial charge on any atom is 0.416 e. The Bertz CT molecular complexity index is 1940. The van der Waals surface area contributed by atoms with Gasteiger partial charge < -0.3 is 20.1 Å². The van der Waals surface area contributed by atoms with Gasteiger partial charge in [0.25, 0.3) is 0 Å². The molecule has 2 N–H and O–H groups in total. The Labute approximate surface area is 307 Å². The molecule has 6 rings (SSSR count). The molecule has 4 aromatic carbocycles. The van der Waals surface area contributed by atoms with Crippen LogP contribution in [0.4, 0.5) is 26.3 Å². The lowest BCUT2D eigenvalue weighted by atomic mass is 9.91. The van der Waals surface area contributed by atoms with E-state index < -0.39 is 54.0 Å². The second-order valence-corrected chi connectivity index (χ2v) is 13.9. The second kappa shape index (κ2) is 16.0. The number of carboxylic acids is 1. The first-order chi connectivity index (χ1) is 25.6. The van der Waals surface area contributed by atoms with Crippen molar-refractivity contribution in [3.05, 3.63) is 124 Å². The van der Waals surface area contributed by atoms with E-state index in [2.05, 4.69) is 5.32 Å². The molecule has 1 saturated carbocycles. The van der Waals surface area contributed by atoms with Gasteiger partial charge in [-0.15, -0.1) is 0 Å². The number of rotatable bonds is 11. The van der Waals surface area contributed by atoms with Crippen LogP contribution in [0.2, 0.25) is 0 Å². The molecule has 0 unspecified atom stereocenters. The third kappa shape index (κ3) is 9.42. The smallest absolute Gasteiger partial charge is 0.416 e. The van der Waals surface area contributed by atoms with E-state index in [1.807, 2.05) is 42.5 Å². The van der Waals surface area contributed by atoms with Gasteiger partial charge in [0.05, 0.1) is 11.1 Å². The van der Waals surface area contributed by atoms with Crippen LogP contribution in [0.1, 0.15) is 65.5 Å². The van der Waals surface area contributed by atoms with E-state index >= 15 is 0 Å². The highest BCUT2D eigenvalue weighted by atomic mass is 19.4. The van der Waals surface area contributed by atoms with Gasteiger partial charge in [0.15, 0.2) is 0 Å². The summed E-state index contributed by atoms with van der Waals surface area (Å²) in [6.07, 6.45) is -5.99. The lowest BCUT2D eigenvalue weighted by Crippen LogP contribution is -2.56. The van der Waals surface area contributed by atoms with E-state index in [9.17, 15) is 45.8 Å². The third-order valence-electron chi connectivity index (χ3n) is 10.0. The van der Waals surface area contributed by atoms with E-state index in [-0.39, 0.29) is 55.0 Å². The zero-order valence-corrected chi connectivity index (χ0v) is 29.1. The number of halogens is 6. The van der Waals surface area contributed by atoms with Crippen LogP contribution < -0.4 is 10.1 Å². The summed E-state index contributed by atoms with van der Waals surface area (Å²) in [7, 11) is 0. The number of alkyl halides is 6. The van der Waals surface area contributed by atoms with Crippen molar-refractivity contribution < 1.29 is 50.6 Å². The van der Waals surface area contributed by atoms with Gasteiger partial charge in [-0.1, -0.05) is 73.5 Å². The van der Waals surface area contributed by atoms with Crippen molar-refractivity contribution in [2.75, 3.05) is 0 Å². The summed E-state index contributed by atoms with van der Waals surface area (Å²) in [5.41, 5.74) is 0.659. The van der Waals surface area contributed by atoms with Crippen molar-refractivity contribution >= 4 is 17.8 Å². The molecular formula is C41H38F6N2O5. The van der Waals surface area contributed by atoms with E-state index in [1.54, 1.807) is 24.3 Å². The monoisotopic (exact) mass is 752 g/mol. The van der Waals surface area contributed by atoms with Crippen LogP contribution in [0.25, 0.3) is 11.1 Å². The molecule has 0 bridgehead atoms. The van der Waals surface area contributed by atoms with Crippen molar-refractivity contribution in [3.63, 3.8) is 0 Å². The fourth-order valence-corrected chi connectivity index (χ4v) is 7.16. The number of ether oxygens (including phenoxy) is 1. The Hall–Kier alpha value is -5.33. The summed E-state index contributed by atoms with van der Waals surface area (Å²) >= 11 is 0. The van der Waals surface area contributed by atoms with Gasteiger partial charge in [-0.25, -0.2) is 4.79 Å². The number of carbonyl (C=O) groups is 3. The summed E-state index contributed by atoms with van der Waals surface area (Å²) in [6, 6.07) is 20.7. The quantitative estimate of drug-likeness (QED) is 0.150. The first-order valence-electron chi connectivity index (χ1n) is 17.6. The van der Waals surface area contributed by atoms with Gasteiger partial charge in [-0.3, -0.25) is 9.59 Å². The van der Waals surface area contributed by atoms with Crippen molar-refractivity contribution in [2.24, 2.45) is 5.92 Å². The molecule has 2 atom stereocenters. The molecule has 1 fully saturated rings. The molecular weight excluding hydrogens is 714 g/mol. The lowest BCUT2D eigenvalue weighted by Gasteiger charge is -2.37. The zero-order valence-electron chi connectivity index (χ0n) is 29.1. The number of nitrogens with one attached hydrogen (secondary N) is 1. The number of nitrogens with zero attached hydrogens (tertiary/aromatic N) is 1. The average Bonchev–Trinajstić information content (AvgIpc) is 3.66. The number of hydrogen-bond acceptors (Lipinski definition) is 4. The molecule has 1 aliphatic carbocycles. The summed E-state index contributed by atoms with van der Waals surface area (Å²) in [4.78, 5) is 41.4. The molecule has 2 aliphatic rings. The van der Waals surface area contributed by atoms with Gasteiger partial charge in [-0.2, -0.15) is 26.3 Å². The fraction of sp³-hybridized carbons (Fsp3) is 0.341. The average molecular weight is 753 g/mol. The highest BCUT2D eigenvalue weighted by Crippen LogP contribution is 2.37. The molecule has 13 heteroatoms. The van der Waals surface area contributed by atoms with Gasteiger partial charge in [0.2, 0.25) is 11.8 Å². The molecule has 0 spiro atoms. The molecule has 54 heavy (non-hydrogen) atoms. The number of fused-ring (bicyclic) bond motifs is 1. The normalized spacial score (nSPS) is 16.8. The van der Waals surface area contributed by atoms with Crippen LogP contribution in [0.3, 0.4) is 0 Å².